The molecule has 0 N–H and O–H groups in total. The van der Waals surface area contributed by atoms with Gasteiger partial charge >= 0.3 is 0 Å². The molecule has 0 fully saturated rings. The lowest BCUT2D eigenvalue weighted by molar-refractivity contribution is 1.13. The molecular weight excluding hydrogens is 168 g/mol. The normalized spacial score (nSPS) is 8.75. The zero-order chi connectivity index (χ0) is 9.56. The molecule has 1 aromatic rings. The molecule has 0 unspecified atom stereocenters. The maximum Gasteiger partial charge on any atom is 0.0438 e. The van der Waals surface area contributed by atoms with Gasteiger partial charge in [-0.25, -0.2) is 0 Å². The Balaban J connectivity index is 0.000000561. The van der Waals surface area contributed by atoms with Crippen LogP contribution in [0.1, 0.15) is 31.9 Å². The molecule has 12 heavy (non-hydrogen) atoms. The van der Waals surface area contributed by atoms with Gasteiger partial charge < -0.3 is 0 Å². The molecule has 0 saturated heterocycles. The van der Waals surface area contributed by atoms with E-state index in [0.29, 0.717) is 0 Å². The Labute approximate surface area is 80.6 Å². The summed E-state index contributed by atoms with van der Waals surface area (Å²) in [5.41, 5.74) is 2.52. The first kappa shape index (κ1) is 11.5. The summed E-state index contributed by atoms with van der Waals surface area (Å²) in [6, 6.07) is 6.11. The molecule has 0 amide bonds. The molecule has 0 aromatic heterocycles. The van der Waals surface area contributed by atoms with Crippen LogP contribution in [0.25, 0.3) is 0 Å². The molecule has 1 rings (SSSR count). The molecule has 0 atom stereocenters. The zero-order valence-corrected chi connectivity index (χ0v) is 9.07. The Morgan fingerprint density at radius 2 is 1.83 bits per heavy atom. The van der Waals surface area contributed by atoms with Crippen molar-refractivity contribution in [1.29, 1.82) is 0 Å². The van der Waals surface area contributed by atoms with Crippen LogP contribution in [0.2, 0.25) is 5.02 Å². The molecule has 0 aliphatic heterocycles. The predicted octanol–water partition coefficient (Wildman–Crippen LogP) is 4.24. The minimum atomic E-state index is 0.883. The van der Waals surface area contributed by atoms with Crippen LogP contribution < -0.4 is 0 Å². The fourth-order valence-electron chi connectivity index (χ4n) is 0.974. The molecule has 0 bridgehead atoms. The number of aryl methyl sites for hydroxylation is 2. The maximum absolute atomic E-state index is 5.90. The van der Waals surface area contributed by atoms with E-state index in [1.165, 1.54) is 11.1 Å². The second-order valence-electron chi connectivity index (χ2n) is 2.45. The number of halogens is 1. The molecule has 0 nitrogen and oxygen atoms in total. The summed E-state index contributed by atoms with van der Waals surface area (Å²) < 4.78 is 0. The number of hydrogen-bond donors (Lipinski definition) is 0. The van der Waals surface area contributed by atoms with Crippen molar-refractivity contribution in [2.24, 2.45) is 0 Å². The quantitative estimate of drug-likeness (QED) is 0.613. The molecule has 0 saturated carbocycles. The van der Waals surface area contributed by atoms with Gasteiger partial charge in [-0.2, -0.15) is 0 Å². The van der Waals surface area contributed by atoms with Crippen LogP contribution in [0.3, 0.4) is 0 Å². The van der Waals surface area contributed by atoms with Crippen molar-refractivity contribution in [3.63, 3.8) is 0 Å². The smallest absolute Gasteiger partial charge is 0.0438 e. The molecule has 0 heterocycles. The minimum Gasteiger partial charge on any atom is -0.0840 e. The van der Waals surface area contributed by atoms with Gasteiger partial charge in [0.15, 0.2) is 0 Å². The lowest BCUT2D eigenvalue weighted by Gasteiger charge is -2.00. The lowest BCUT2D eigenvalue weighted by atomic mass is 10.1. The second kappa shape index (κ2) is 6.07. The topological polar surface area (TPSA) is 0 Å². The summed E-state index contributed by atoms with van der Waals surface area (Å²) in [4.78, 5) is 0. The van der Waals surface area contributed by atoms with E-state index < -0.39 is 0 Å². The van der Waals surface area contributed by atoms with Gasteiger partial charge in [-0.1, -0.05) is 50.1 Å². The van der Waals surface area contributed by atoms with E-state index in [1.807, 2.05) is 26.0 Å². The summed E-state index contributed by atoms with van der Waals surface area (Å²) in [6.45, 7) is 8.19. The van der Waals surface area contributed by atoms with Crippen LogP contribution in [-0.2, 0) is 6.42 Å². The van der Waals surface area contributed by atoms with Crippen molar-refractivity contribution in [3.8, 4) is 0 Å². The third-order valence-corrected chi connectivity index (χ3v) is 1.95. The first-order valence-corrected chi connectivity index (χ1v) is 4.87. The Bertz CT molecular complexity index is 228. The average molecular weight is 185 g/mol. The van der Waals surface area contributed by atoms with E-state index in [4.69, 9.17) is 11.6 Å². The molecular formula is C11H17Cl. The first-order valence-electron chi connectivity index (χ1n) is 4.49. The molecule has 0 spiro atoms. The highest BCUT2D eigenvalue weighted by atomic mass is 35.5. The van der Waals surface area contributed by atoms with Crippen LogP contribution in [0.4, 0.5) is 0 Å². The summed E-state index contributed by atoms with van der Waals surface area (Å²) in [5, 5.41) is 0.883. The lowest BCUT2D eigenvalue weighted by Crippen LogP contribution is -1.82. The van der Waals surface area contributed by atoms with Crippen LogP contribution in [0, 0.1) is 6.92 Å². The van der Waals surface area contributed by atoms with Crippen LogP contribution in [-0.4, -0.2) is 0 Å². The third kappa shape index (κ3) is 3.27. The Hall–Kier alpha value is -0.490. The highest BCUT2D eigenvalue weighted by Crippen LogP contribution is 2.17. The van der Waals surface area contributed by atoms with E-state index >= 15 is 0 Å². The summed E-state index contributed by atoms with van der Waals surface area (Å²) in [6.07, 6.45) is 1.01. The van der Waals surface area contributed by atoms with Crippen molar-refractivity contribution in [1.82, 2.24) is 0 Å². The van der Waals surface area contributed by atoms with E-state index in [0.717, 1.165) is 11.4 Å². The fourth-order valence-corrected chi connectivity index (χ4v) is 1.23. The molecule has 0 aliphatic rings. The van der Waals surface area contributed by atoms with E-state index in [-0.39, 0.29) is 0 Å². The van der Waals surface area contributed by atoms with E-state index in [2.05, 4.69) is 19.9 Å². The van der Waals surface area contributed by atoms with Crippen molar-refractivity contribution in [2.75, 3.05) is 0 Å². The summed E-state index contributed by atoms with van der Waals surface area (Å²) in [5.74, 6) is 0. The average Bonchev–Trinajstić information content (AvgIpc) is 2.13. The molecule has 1 heteroatoms. The van der Waals surface area contributed by atoms with Crippen molar-refractivity contribution >= 4 is 11.6 Å². The summed E-state index contributed by atoms with van der Waals surface area (Å²) in [7, 11) is 0. The minimum absolute atomic E-state index is 0.883. The fraction of sp³-hybridized carbons (Fsp3) is 0.455. The van der Waals surface area contributed by atoms with E-state index in [9.17, 15) is 0 Å². The number of benzene rings is 1. The molecule has 0 aliphatic carbocycles. The first-order chi connectivity index (χ1) is 5.74. The zero-order valence-electron chi connectivity index (χ0n) is 8.32. The van der Waals surface area contributed by atoms with Gasteiger partial charge in [0.25, 0.3) is 0 Å². The van der Waals surface area contributed by atoms with Crippen molar-refractivity contribution in [2.45, 2.75) is 34.1 Å². The maximum atomic E-state index is 5.90. The van der Waals surface area contributed by atoms with Gasteiger partial charge in [0.1, 0.15) is 0 Å². The van der Waals surface area contributed by atoms with Gasteiger partial charge in [0, 0.05) is 5.02 Å². The van der Waals surface area contributed by atoms with Gasteiger partial charge in [0.05, 0.1) is 0 Å². The molecule has 0 radical (unpaired) electrons. The Morgan fingerprint density at radius 3 is 2.25 bits per heavy atom. The van der Waals surface area contributed by atoms with Crippen LogP contribution in [0.5, 0.6) is 0 Å². The van der Waals surface area contributed by atoms with Gasteiger partial charge in [-0.05, 0) is 25.0 Å². The van der Waals surface area contributed by atoms with Crippen LogP contribution >= 0.6 is 11.6 Å². The van der Waals surface area contributed by atoms with E-state index in [1.54, 1.807) is 0 Å². The third-order valence-electron chi connectivity index (χ3n) is 1.58. The second-order valence-corrected chi connectivity index (χ2v) is 2.86. The van der Waals surface area contributed by atoms with Gasteiger partial charge in [0.2, 0.25) is 0 Å². The van der Waals surface area contributed by atoms with Crippen molar-refractivity contribution in [3.05, 3.63) is 34.3 Å². The summed E-state index contributed by atoms with van der Waals surface area (Å²) >= 11 is 5.90. The number of hydrogen-bond acceptors (Lipinski definition) is 0. The number of rotatable bonds is 1. The monoisotopic (exact) mass is 184 g/mol. The SMILES string of the molecule is CC.CCc1cc(C)ccc1Cl. The van der Waals surface area contributed by atoms with Gasteiger partial charge in [-0.3, -0.25) is 0 Å². The predicted molar refractivity (Wildman–Crippen MR) is 56.9 cm³/mol. The molecule has 68 valence electrons. The van der Waals surface area contributed by atoms with Gasteiger partial charge in [-0.15, -0.1) is 0 Å². The Kier molecular flexibility index (Phi) is 5.83. The highest BCUT2D eigenvalue weighted by molar-refractivity contribution is 6.31. The van der Waals surface area contributed by atoms with Crippen LogP contribution in [0.15, 0.2) is 18.2 Å². The highest BCUT2D eigenvalue weighted by Gasteiger charge is 1.95. The standard InChI is InChI=1S/C9H11Cl.C2H6/c1-3-8-6-7(2)4-5-9(8)10;1-2/h4-6H,3H2,1-2H3;1-2H3. The Morgan fingerprint density at radius 1 is 1.25 bits per heavy atom. The molecule has 1 aromatic carbocycles. The van der Waals surface area contributed by atoms with Crippen molar-refractivity contribution < 1.29 is 0 Å². The largest absolute Gasteiger partial charge is 0.0840 e.